The highest BCUT2D eigenvalue weighted by Crippen LogP contribution is 2.31. The van der Waals surface area contributed by atoms with Gasteiger partial charge >= 0.3 is 5.97 Å². The highest BCUT2D eigenvalue weighted by Gasteiger charge is 2.21. The van der Waals surface area contributed by atoms with Crippen LogP contribution in [0.1, 0.15) is 21.5 Å². The van der Waals surface area contributed by atoms with Crippen LogP contribution >= 0.6 is 11.6 Å². The molecule has 3 rings (SSSR count). The largest absolute Gasteiger partial charge is 0.478 e. The van der Waals surface area contributed by atoms with Gasteiger partial charge in [-0.1, -0.05) is 11.6 Å². The summed E-state index contributed by atoms with van der Waals surface area (Å²) in [5, 5.41) is 9.67. The average molecular weight is 289 g/mol. The van der Waals surface area contributed by atoms with Gasteiger partial charge in [-0.25, -0.2) is 4.79 Å². The first-order valence-corrected chi connectivity index (χ1v) is 6.72. The van der Waals surface area contributed by atoms with Gasteiger partial charge in [0.2, 0.25) is 0 Å². The van der Waals surface area contributed by atoms with Crippen LogP contribution in [0.3, 0.4) is 0 Å². The van der Waals surface area contributed by atoms with Crippen molar-refractivity contribution in [2.75, 3.05) is 11.4 Å². The lowest BCUT2D eigenvalue weighted by Crippen LogP contribution is -2.19. The van der Waals surface area contributed by atoms with Gasteiger partial charge < -0.3 is 10.0 Å². The maximum absolute atomic E-state index is 11.0. The summed E-state index contributed by atoms with van der Waals surface area (Å²) in [4.78, 5) is 17.2. The molecule has 1 aliphatic rings. The topological polar surface area (TPSA) is 53.4 Å². The molecule has 5 heteroatoms. The normalized spacial score (nSPS) is 13.3. The van der Waals surface area contributed by atoms with Crippen molar-refractivity contribution in [3.05, 3.63) is 58.4 Å². The summed E-state index contributed by atoms with van der Waals surface area (Å²) in [5.74, 6) is -0.886. The molecule has 0 spiro atoms. The van der Waals surface area contributed by atoms with E-state index in [1.807, 2.05) is 12.1 Å². The molecule has 0 fully saturated rings. The lowest BCUT2D eigenvalue weighted by Gasteiger charge is -2.20. The number of aromatic nitrogens is 1. The second-order valence-corrected chi connectivity index (χ2v) is 5.19. The van der Waals surface area contributed by atoms with Crippen molar-refractivity contribution in [1.82, 2.24) is 4.98 Å². The van der Waals surface area contributed by atoms with Gasteiger partial charge in [-0.3, -0.25) is 4.98 Å². The lowest BCUT2D eigenvalue weighted by atomic mass is 10.1. The first-order valence-electron chi connectivity index (χ1n) is 6.34. The summed E-state index contributed by atoms with van der Waals surface area (Å²) in [6.45, 7) is 1.58. The summed E-state index contributed by atoms with van der Waals surface area (Å²) in [6.07, 6.45) is 4.23. The van der Waals surface area contributed by atoms with Crippen LogP contribution in [0.2, 0.25) is 5.02 Å². The lowest BCUT2D eigenvalue weighted by molar-refractivity contribution is 0.0697. The van der Waals surface area contributed by atoms with Crippen LogP contribution < -0.4 is 4.90 Å². The quantitative estimate of drug-likeness (QED) is 0.943. The van der Waals surface area contributed by atoms with Crippen molar-refractivity contribution < 1.29 is 9.90 Å². The molecule has 0 atom stereocenters. The number of nitrogens with zero attached hydrogens (tertiary/aromatic N) is 2. The Labute approximate surface area is 121 Å². The molecule has 0 amide bonds. The molecule has 2 aromatic rings. The molecule has 0 saturated carbocycles. The number of hydrogen-bond donors (Lipinski definition) is 1. The van der Waals surface area contributed by atoms with E-state index in [1.54, 1.807) is 24.5 Å². The number of fused-ring (bicyclic) bond motifs is 1. The Bertz CT molecular complexity index is 673. The molecule has 1 aromatic heterocycles. The Morgan fingerprint density at radius 3 is 3.00 bits per heavy atom. The molecule has 20 heavy (non-hydrogen) atoms. The highest BCUT2D eigenvalue weighted by molar-refractivity contribution is 6.31. The molecule has 0 aliphatic carbocycles. The summed E-state index contributed by atoms with van der Waals surface area (Å²) in [7, 11) is 0. The van der Waals surface area contributed by atoms with Crippen LogP contribution in [0.25, 0.3) is 0 Å². The minimum atomic E-state index is -0.886. The van der Waals surface area contributed by atoms with E-state index in [0.29, 0.717) is 17.1 Å². The summed E-state index contributed by atoms with van der Waals surface area (Å²) >= 11 is 6.13. The molecular formula is C15H13ClN2O2. The van der Waals surface area contributed by atoms with Gasteiger partial charge in [-0.2, -0.15) is 0 Å². The highest BCUT2D eigenvalue weighted by atomic mass is 35.5. The Balaban J connectivity index is 1.87. The Morgan fingerprint density at radius 1 is 1.40 bits per heavy atom. The molecule has 0 saturated heterocycles. The zero-order valence-corrected chi connectivity index (χ0v) is 11.5. The maximum atomic E-state index is 11.0. The minimum absolute atomic E-state index is 0.340. The predicted molar refractivity (Wildman–Crippen MR) is 77.4 cm³/mol. The molecule has 4 nitrogen and oxygen atoms in total. The first kappa shape index (κ1) is 12.9. The van der Waals surface area contributed by atoms with E-state index in [0.717, 1.165) is 29.8 Å². The molecule has 1 aliphatic heterocycles. The standard InChI is InChI=1S/C15H13ClN2O2/c16-13-8-17-5-3-12(13)9-18-6-4-10-7-11(15(19)20)1-2-14(10)18/h1-3,5,7-8H,4,6,9H2,(H,19,20). The van der Waals surface area contributed by atoms with Crippen molar-refractivity contribution in [2.24, 2.45) is 0 Å². The van der Waals surface area contributed by atoms with Crippen LogP contribution in [-0.2, 0) is 13.0 Å². The third kappa shape index (κ3) is 2.34. The molecule has 1 aromatic carbocycles. The molecule has 0 bridgehead atoms. The van der Waals surface area contributed by atoms with Crippen LogP contribution in [0.5, 0.6) is 0 Å². The van der Waals surface area contributed by atoms with Crippen molar-refractivity contribution >= 4 is 23.3 Å². The third-order valence-electron chi connectivity index (χ3n) is 3.54. The summed E-state index contributed by atoms with van der Waals surface area (Å²) in [5.41, 5.74) is 3.53. The Hall–Kier alpha value is -2.07. The third-order valence-corrected chi connectivity index (χ3v) is 3.88. The van der Waals surface area contributed by atoms with E-state index >= 15 is 0 Å². The number of carboxylic acid groups (broad SMARTS) is 1. The van der Waals surface area contributed by atoms with Gasteiger partial charge in [0.25, 0.3) is 0 Å². The zero-order valence-electron chi connectivity index (χ0n) is 10.7. The fraction of sp³-hybridized carbons (Fsp3) is 0.200. The number of anilines is 1. The predicted octanol–water partition coefficient (Wildman–Crippen LogP) is 3.00. The van der Waals surface area contributed by atoms with Crippen LogP contribution in [0.4, 0.5) is 5.69 Å². The smallest absolute Gasteiger partial charge is 0.335 e. The number of hydrogen-bond acceptors (Lipinski definition) is 3. The number of halogens is 1. The summed E-state index contributed by atoms with van der Waals surface area (Å²) < 4.78 is 0. The molecule has 2 heterocycles. The van der Waals surface area contributed by atoms with E-state index in [1.165, 1.54) is 0 Å². The van der Waals surface area contributed by atoms with Crippen molar-refractivity contribution in [2.45, 2.75) is 13.0 Å². The van der Waals surface area contributed by atoms with Gasteiger partial charge in [0, 0.05) is 31.2 Å². The number of carboxylic acids is 1. The van der Waals surface area contributed by atoms with Crippen molar-refractivity contribution in [3.8, 4) is 0 Å². The number of rotatable bonds is 3. The molecule has 1 N–H and O–H groups in total. The van der Waals surface area contributed by atoms with E-state index in [4.69, 9.17) is 16.7 Å². The van der Waals surface area contributed by atoms with Gasteiger partial charge in [-0.15, -0.1) is 0 Å². The first-order chi connectivity index (χ1) is 9.65. The van der Waals surface area contributed by atoms with Gasteiger partial charge in [0.05, 0.1) is 10.6 Å². The van der Waals surface area contributed by atoms with Gasteiger partial charge in [0.1, 0.15) is 0 Å². The average Bonchev–Trinajstić information content (AvgIpc) is 2.84. The summed E-state index contributed by atoms with van der Waals surface area (Å²) in [6, 6.07) is 7.19. The maximum Gasteiger partial charge on any atom is 0.335 e. The number of pyridine rings is 1. The van der Waals surface area contributed by atoms with Gasteiger partial charge in [0.15, 0.2) is 0 Å². The number of aromatic carboxylic acids is 1. The van der Waals surface area contributed by atoms with E-state index < -0.39 is 5.97 Å². The Morgan fingerprint density at radius 2 is 2.25 bits per heavy atom. The second-order valence-electron chi connectivity index (χ2n) is 4.79. The number of carbonyl (C=O) groups is 1. The van der Waals surface area contributed by atoms with Gasteiger partial charge in [-0.05, 0) is 41.8 Å². The fourth-order valence-electron chi connectivity index (χ4n) is 2.51. The molecule has 0 radical (unpaired) electrons. The SMILES string of the molecule is O=C(O)c1ccc2c(c1)CCN2Cc1ccncc1Cl. The molecular weight excluding hydrogens is 276 g/mol. The Kier molecular flexibility index (Phi) is 3.32. The van der Waals surface area contributed by atoms with Crippen LogP contribution in [-0.4, -0.2) is 22.6 Å². The molecule has 102 valence electrons. The van der Waals surface area contributed by atoms with Crippen molar-refractivity contribution in [1.29, 1.82) is 0 Å². The van der Waals surface area contributed by atoms with Crippen LogP contribution in [0.15, 0.2) is 36.7 Å². The monoisotopic (exact) mass is 288 g/mol. The van der Waals surface area contributed by atoms with E-state index in [2.05, 4.69) is 9.88 Å². The minimum Gasteiger partial charge on any atom is -0.478 e. The fourth-order valence-corrected chi connectivity index (χ4v) is 2.68. The number of benzene rings is 1. The van der Waals surface area contributed by atoms with Crippen molar-refractivity contribution in [3.63, 3.8) is 0 Å². The molecule has 0 unspecified atom stereocenters. The van der Waals surface area contributed by atoms with Crippen LogP contribution in [0, 0.1) is 0 Å². The zero-order chi connectivity index (χ0) is 14.1. The second kappa shape index (κ2) is 5.13. The van der Waals surface area contributed by atoms with E-state index in [-0.39, 0.29) is 0 Å². The van der Waals surface area contributed by atoms with E-state index in [9.17, 15) is 4.79 Å².